The first-order chi connectivity index (χ1) is 16.6. The number of carbonyl (C=O) groups excluding carboxylic acids is 2. The first-order valence-corrected chi connectivity index (χ1v) is 11.3. The van der Waals surface area contributed by atoms with E-state index in [2.05, 4.69) is 10.3 Å². The Labute approximate surface area is 198 Å². The Kier molecular flexibility index (Phi) is 5.95. The molecule has 1 aromatic heterocycles. The van der Waals surface area contributed by atoms with Crippen LogP contribution in [-0.2, 0) is 16.1 Å². The Morgan fingerprint density at radius 3 is 2.53 bits per heavy atom. The fraction of sp³-hybridized carbons (Fsp3) is 0.179. The first-order valence-electron chi connectivity index (χ1n) is 11.3. The molecule has 3 aromatic carbocycles. The van der Waals surface area contributed by atoms with Crippen LogP contribution in [0.2, 0.25) is 0 Å². The van der Waals surface area contributed by atoms with Gasteiger partial charge in [-0.1, -0.05) is 48.5 Å². The highest BCUT2D eigenvalue weighted by molar-refractivity contribution is 6.01. The molecule has 6 nitrogen and oxygen atoms in total. The maximum Gasteiger partial charge on any atom is 0.232 e. The zero-order valence-corrected chi connectivity index (χ0v) is 18.9. The van der Waals surface area contributed by atoms with E-state index in [0.29, 0.717) is 13.1 Å². The lowest BCUT2D eigenvalue weighted by atomic mass is 9.98. The van der Waals surface area contributed by atoms with Gasteiger partial charge in [0.2, 0.25) is 11.8 Å². The van der Waals surface area contributed by atoms with Crippen molar-refractivity contribution < 1.29 is 14.3 Å². The molecule has 34 heavy (non-hydrogen) atoms. The standard InChI is InChI=1S/C28H25N3O3/c1-34-26-12-11-23(24-13-14-29-17-25(24)26)20-7-9-22(10-8-20)31(18-19-5-3-2-4-6-19)28(33)21-15-27(32)30-16-21/h2-14,17,21H,15-16,18H2,1H3,(H,30,32). The van der Waals surface area contributed by atoms with E-state index in [4.69, 9.17) is 4.74 Å². The molecule has 1 aliphatic rings. The van der Waals surface area contributed by atoms with E-state index < -0.39 is 0 Å². The molecule has 0 bridgehead atoms. The lowest BCUT2D eigenvalue weighted by molar-refractivity contribution is -0.124. The molecule has 1 saturated heterocycles. The second-order valence-corrected chi connectivity index (χ2v) is 8.40. The van der Waals surface area contributed by atoms with Gasteiger partial charge in [-0.3, -0.25) is 14.6 Å². The van der Waals surface area contributed by atoms with Crippen LogP contribution in [0.5, 0.6) is 5.75 Å². The van der Waals surface area contributed by atoms with Crippen LogP contribution in [0.15, 0.2) is 85.2 Å². The van der Waals surface area contributed by atoms with Gasteiger partial charge in [-0.15, -0.1) is 0 Å². The third kappa shape index (κ3) is 4.22. The molecule has 0 spiro atoms. The summed E-state index contributed by atoms with van der Waals surface area (Å²) in [6.45, 7) is 0.827. The van der Waals surface area contributed by atoms with Crippen molar-refractivity contribution in [2.45, 2.75) is 13.0 Å². The monoisotopic (exact) mass is 451 g/mol. The Morgan fingerprint density at radius 2 is 1.82 bits per heavy atom. The van der Waals surface area contributed by atoms with Crippen LogP contribution in [0.25, 0.3) is 21.9 Å². The number of fused-ring (bicyclic) bond motifs is 1. The number of amides is 2. The number of methoxy groups -OCH3 is 1. The zero-order chi connectivity index (χ0) is 23.5. The molecule has 1 unspecified atom stereocenters. The number of aromatic nitrogens is 1. The molecule has 5 rings (SSSR count). The minimum Gasteiger partial charge on any atom is -0.496 e. The Balaban J connectivity index is 1.49. The molecule has 2 heterocycles. The molecule has 0 saturated carbocycles. The van der Waals surface area contributed by atoms with Crippen LogP contribution in [0.4, 0.5) is 5.69 Å². The summed E-state index contributed by atoms with van der Waals surface area (Å²) in [5, 5.41) is 4.78. The third-order valence-electron chi connectivity index (χ3n) is 6.26. The van der Waals surface area contributed by atoms with Gasteiger partial charge in [-0.25, -0.2) is 0 Å². The number of anilines is 1. The maximum atomic E-state index is 13.4. The van der Waals surface area contributed by atoms with E-state index in [1.165, 1.54) is 0 Å². The van der Waals surface area contributed by atoms with Crippen molar-refractivity contribution in [3.63, 3.8) is 0 Å². The third-order valence-corrected chi connectivity index (χ3v) is 6.26. The molecule has 2 amide bonds. The lowest BCUT2D eigenvalue weighted by Crippen LogP contribution is -2.36. The molecular formula is C28H25N3O3. The number of hydrogen-bond acceptors (Lipinski definition) is 4. The maximum absolute atomic E-state index is 13.4. The highest BCUT2D eigenvalue weighted by Gasteiger charge is 2.32. The summed E-state index contributed by atoms with van der Waals surface area (Å²) in [6.07, 6.45) is 3.81. The average Bonchev–Trinajstić information content (AvgIpc) is 3.33. The number of benzene rings is 3. The predicted octanol–water partition coefficient (Wildman–Crippen LogP) is 4.58. The molecule has 6 heteroatoms. The highest BCUT2D eigenvalue weighted by atomic mass is 16.5. The summed E-state index contributed by atoms with van der Waals surface area (Å²) in [6, 6.07) is 23.9. The number of pyridine rings is 1. The summed E-state index contributed by atoms with van der Waals surface area (Å²) >= 11 is 0. The van der Waals surface area contributed by atoms with E-state index in [1.54, 1.807) is 18.2 Å². The van der Waals surface area contributed by atoms with Crippen molar-refractivity contribution >= 4 is 28.3 Å². The predicted molar refractivity (Wildman–Crippen MR) is 132 cm³/mol. The quantitative estimate of drug-likeness (QED) is 0.466. The van der Waals surface area contributed by atoms with E-state index in [9.17, 15) is 9.59 Å². The molecule has 1 aliphatic heterocycles. The minimum atomic E-state index is -0.353. The van der Waals surface area contributed by atoms with Crippen LogP contribution >= 0.6 is 0 Å². The van der Waals surface area contributed by atoms with Crippen molar-refractivity contribution in [1.29, 1.82) is 0 Å². The zero-order valence-electron chi connectivity index (χ0n) is 18.9. The lowest BCUT2D eigenvalue weighted by Gasteiger charge is -2.26. The summed E-state index contributed by atoms with van der Waals surface area (Å²) < 4.78 is 5.49. The van der Waals surface area contributed by atoms with Crippen LogP contribution in [0.1, 0.15) is 12.0 Å². The van der Waals surface area contributed by atoms with Gasteiger partial charge >= 0.3 is 0 Å². The first kappa shape index (κ1) is 21.6. The second-order valence-electron chi connectivity index (χ2n) is 8.40. The van der Waals surface area contributed by atoms with Crippen molar-refractivity contribution in [2.75, 3.05) is 18.6 Å². The molecule has 1 fully saturated rings. The number of rotatable bonds is 6. The smallest absolute Gasteiger partial charge is 0.232 e. The van der Waals surface area contributed by atoms with Crippen LogP contribution in [0, 0.1) is 5.92 Å². The number of ether oxygens (including phenoxy) is 1. The number of hydrogen-bond donors (Lipinski definition) is 1. The average molecular weight is 452 g/mol. The summed E-state index contributed by atoms with van der Waals surface area (Å²) in [4.78, 5) is 31.2. The van der Waals surface area contributed by atoms with Gasteiger partial charge in [0, 0.05) is 36.4 Å². The van der Waals surface area contributed by atoms with E-state index >= 15 is 0 Å². The molecule has 170 valence electrons. The van der Waals surface area contributed by atoms with Gasteiger partial charge in [0.15, 0.2) is 0 Å². The van der Waals surface area contributed by atoms with Crippen molar-refractivity contribution in [2.24, 2.45) is 5.92 Å². The SMILES string of the molecule is COc1ccc(-c2ccc(N(Cc3ccccc3)C(=O)C3CNC(=O)C3)cc2)c2ccncc12. The van der Waals surface area contributed by atoms with Crippen molar-refractivity contribution in [1.82, 2.24) is 10.3 Å². The number of nitrogens with zero attached hydrogens (tertiary/aromatic N) is 2. The van der Waals surface area contributed by atoms with Crippen molar-refractivity contribution in [3.8, 4) is 16.9 Å². The normalized spacial score (nSPS) is 15.2. The van der Waals surface area contributed by atoms with Gasteiger partial charge in [-0.05, 0) is 46.3 Å². The Bertz CT molecular complexity index is 1340. The van der Waals surface area contributed by atoms with E-state index in [0.717, 1.165) is 38.9 Å². The van der Waals surface area contributed by atoms with Crippen LogP contribution < -0.4 is 15.0 Å². The van der Waals surface area contributed by atoms with E-state index in [1.807, 2.05) is 79.0 Å². The van der Waals surface area contributed by atoms with Gasteiger partial charge in [0.25, 0.3) is 0 Å². The fourth-order valence-electron chi connectivity index (χ4n) is 4.48. The molecule has 1 atom stereocenters. The Hall–Kier alpha value is -4.19. The number of nitrogens with one attached hydrogen (secondary N) is 1. The molecule has 4 aromatic rings. The minimum absolute atomic E-state index is 0.0454. The summed E-state index contributed by atoms with van der Waals surface area (Å²) in [5.41, 5.74) is 3.94. The number of carbonyl (C=O) groups is 2. The van der Waals surface area contributed by atoms with Crippen LogP contribution in [0.3, 0.4) is 0 Å². The van der Waals surface area contributed by atoms with Gasteiger partial charge in [0.1, 0.15) is 5.75 Å². The summed E-state index contributed by atoms with van der Waals surface area (Å²) in [7, 11) is 1.65. The largest absolute Gasteiger partial charge is 0.496 e. The fourth-order valence-corrected chi connectivity index (χ4v) is 4.48. The Morgan fingerprint density at radius 1 is 1.03 bits per heavy atom. The van der Waals surface area contributed by atoms with Gasteiger partial charge < -0.3 is 15.0 Å². The second kappa shape index (κ2) is 9.35. The van der Waals surface area contributed by atoms with E-state index in [-0.39, 0.29) is 24.2 Å². The topological polar surface area (TPSA) is 71.5 Å². The van der Waals surface area contributed by atoms with Crippen LogP contribution in [-0.4, -0.2) is 30.5 Å². The van der Waals surface area contributed by atoms with Crippen molar-refractivity contribution in [3.05, 3.63) is 90.8 Å². The van der Waals surface area contributed by atoms with Gasteiger partial charge in [0.05, 0.1) is 19.6 Å². The molecular weight excluding hydrogens is 426 g/mol. The molecule has 0 aliphatic carbocycles. The van der Waals surface area contributed by atoms with Gasteiger partial charge in [-0.2, -0.15) is 0 Å². The summed E-state index contributed by atoms with van der Waals surface area (Å²) in [5.74, 6) is 0.307. The molecule has 1 N–H and O–H groups in total. The highest BCUT2D eigenvalue weighted by Crippen LogP contribution is 2.35. The molecule has 0 radical (unpaired) electrons.